The Bertz CT molecular complexity index is 1180. The highest BCUT2D eigenvalue weighted by atomic mass is 32.2. The molecule has 1 fully saturated rings. The highest BCUT2D eigenvalue weighted by Gasteiger charge is 2.42. The molecule has 4 nitrogen and oxygen atoms in total. The first-order chi connectivity index (χ1) is 14.3. The smallest absolute Gasteiger partial charge is 0.311 e. The Hall–Kier alpha value is -2.65. The number of anilines is 1. The molecule has 0 saturated carbocycles. The number of carbonyl (C=O) groups is 1. The van der Waals surface area contributed by atoms with Crippen LogP contribution in [0.1, 0.15) is 12.5 Å². The summed E-state index contributed by atoms with van der Waals surface area (Å²) < 4.78 is 43.3. The Balaban J connectivity index is 1.73. The fraction of sp³-hybridized carbons (Fsp3) is 0.190. The van der Waals surface area contributed by atoms with E-state index in [0.717, 1.165) is 39.2 Å². The van der Waals surface area contributed by atoms with Gasteiger partial charge in [0, 0.05) is 24.2 Å². The van der Waals surface area contributed by atoms with Crippen LogP contribution in [0.15, 0.2) is 47.5 Å². The van der Waals surface area contributed by atoms with Crippen LogP contribution in [0.4, 0.5) is 23.7 Å². The zero-order valence-corrected chi connectivity index (χ0v) is 17.7. The molecule has 1 unspecified atom stereocenters. The van der Waals surface area contributed by atoms with E-state index in [1.165, 1.54) is 11.2 Å². The summed E-state index contributed by atoms with van der Waals surface area (Å²) in [5.74, 6) is -3.59. The molecule has 9 heteroatoms. The van der Waals surface area contributed by atoms with Gasteiger partial charge in [0.25, 0.3) is 0 Å². The summed E-state index contributed by atoms with van der Waals surface area (Å²) in [7, 11) is 0. The Morgan fingerprint density at radius 2 is 1.90 bits per heavy atom. The minimum atomic E-state index is -1.33. The predicted molar refractivity (Wildman–Crippen MR) is 115 cm³/mol. The second-order valence-electron chi connectivity index (χ2n) is 6.79. The summed E-state index contributed by atoms with van der Waals surface area (Å²) in [6, 6.07) is 8.89. The molecule has 2 amide bonds. The van der Waals surface area contributed by atoms with Crippen LogP contribution in [-0.2, 0) is 6.54 Å². The Kier molecular flexibility index (Phi) is 5.42. The number of benzene rings is 2. The third-order valence-corrected chi connectivity index (χ3v) is 6.41. The van der Waals surface area contributed by atoms with Crippen molar-refractivity contribution in [1.29, 1.82) is 0 Å². The van der Waals surface area contributed by atoms with Crippen molar-refractivity contribution < 1.29 is 18.0 Å². The maximum Gasteiger partial charge on any atom is 0.330 e. The molecule has 30 heavy (non-hydrogen) atoms. The molecule has 0 bridgehead atoms. The predicted octanol–water partition coefficient (Wildman–Crippen LogP) is 5.53. The molecular weight excluding hydrogens is 431 g/mol. The first-order valence-corrected chi connectivity index (χ1v) is 10.7. The summed E-state index contributed by atoms with van der Waals surface area (Å²) in [6.45, 7) is 1.89. The number of thioether (sulfide) groups is 1. The van der Waals surface area contributed by atoms with E-state index in [4.69, 9.17) is 12.2 Å². The van der Waals surface area contributed by atoms with Crippen molar-refractivity contribution in [2.24, 2.45) is 0 Å². The average Bonchev–Trinajstić information content (AvgIpc) is 2.94. The molecule has 1 aliphatic rings. The number of carbonyl (C=O) groups excluding carboxylic acids is 1. The molecule has 0 N–H and O–H groups in total. The van der Waals surface area contributed by atoms with Gasteiger partial charge < -0.3 is 4.90 Å². The number of nitrogens with zero attached hydrogens (tertiary/aromatic N) is 3. The van der Waals surface area contributed by atoms with Crippen LogP contribution >= 0.6 is 24.0 Å². The van der Waals surface area contributed by atoms with Gasteiger partial charge in [0.1, 0.15) is 10.8 Å². The van der Waals surface area contributed by atoms with Crippen molar-refractivity contribution in [3.05, 3.63) is 65.6 Å². The number of fused-ring (bicyclic) bond motifs is 1. The molecule has 0 aliphatic carbocycles. The van der Waals surface area contributed by atoms with Crippen LogP contribution in [0.3, 0.4) is 0 Å². The standard InChI is InChI=1S/C21H16F3N3OS2/c1-11-20(29)27(16-9-14(22)19(30-2)18(24)17(16)23)21(28)26(11)10-12-7-8-25-15-6-4-3-5-13(12)15/h3-9,11H,10H2,1-2H3. The topological polar surface area (TPSA) is 36.4 Å². The van der Waals surface area contributed by atoms with E-state index in [1.54, 1.807) is 19.2 Å². The minimum Gasteiger partial charge on any atom is -0.311 e. The zero-order valence-electron chi connectivity index (χ0n) is 16.0. The van der Waals surface area contributed by atoms with E-state index >= 15 is 0 Å². The number of para-hydroxylation sites is 1. The largest absolute Gasteiger partial charge is 0.330 e. The third kappa shape index (κ3) is 3.22. The van der Waals surface area contributed by atoms with Gasteiger partial charge in [-0.05, 0) is 30.9 Å². The van der Waals surface area contributed by atoms with Crippen LogP contribution in [-0.4, -0.2) is 33.2 Å². The lowest BCUT2D eigenvalue weighted by molar-refractivity contribution is 0.208. The van der Waals surface area contributed by atoms with E-state index in [0.29, 0.717) is 0 Å². The van der Waals surface area contributed by atoms with Crippen LogP contribution in [0.2, 0.25) is 0 Å². The van der Waals surface area contributed by atoms with Gasteiger partial charge in [-0.25, -0.2) is 18.0 Å². The van der Waals surface area contributed by atoms with Crippen LogP contribution in [0.5, 0.6) is 0 Å². The van der Waals surface area contributed by atoms with Gasteiger partial charge in [0.2, 0.25) is 0 Å². The maximum atomic E-state index is 14.7. The second kappa shape index (κ2) is 7.88. The van der Waals surface area contributed by atoms with E-state index in [2.05, 4.69) is 4.98 Å². The van der Waals surface area contributed by atoms with Crippen molar-refractivity contribution in [2.45, 2.75) is 24.4 Å². The van der Waals surface area contributed by atoms with Crippen LogP contribution in [0, 0.1) is 17.5 Å². The van der Waals surface area contributed by atoms with Gasteiger partial charge in [-0.2, -0.15) is 0 Å². The minimum absolute atomic E-state index is 0.0768. The van der Waals surface area contributed by atoms with Crippen molar-refractivity contribution >= 4 is 51.6 Å². The molecule has 3 aromatic rings. The third-order valence-electron chi connectivity index (χ3n) is 5.10. The molecule has 2 heterocycles. The number of hydrogen-bond acceptors (Lipinski definition) is 4. The highest BCUT2D eigenvalue weighted by molar-refractivity contribution is 7.98. The zero-order chi connectivity index (χ0) is 21.6. The quantitative estimate of drug-likeness (QED) is 0.299. The fourth-order valence-electron chi connectivity index (χ4n) is 3.53. The normalized spacial score (nSPS) is 16.8. The van der Waals surface area contributed by atoms with Crippen molar-refractivity contribution in [3.8, 4) is 0 Å². The number of pyridine rings is 1. The maximum absolute atomic E-state index is 14.7. The van der Waals surface area contributed by atoms with Gasteiger partial charge in [0.15, 0.2) is 11.6 Å². The second-order valence-corrected chi connectivity index (χ2v) is 8.02. The van der Waals surface area contributed by atoms with E-state index < -0.39 is 40.1 Å². The fourth-order valence-corrected chi connectivity index (χ4v) is 4.35. The van der Waals surface area contributed by atoms with E-state index in [1.807, 2.05) is 24.3 Å². The van der Waals surface area contributed by atoms with Crippen LogP contribution in [0.25, 0.3) is 10.9 Å². The number of rotatable bonds is 4. The molecule has 1 aromatic heterocycles. The molecule has 4 rings (SSSR count). The highest BCUT2D eigenvalue weighted by Crippen LogP contribution is 2.35. The Morgan fingerprint density at radius 3 is 2.63 bits per heavy atom. The molecular formula is C21H16F3N3OS2. The van der Waals surface area contributed by atoms with Crippen molar-refractivity contribution in [1.82, 2.24) is 9.88 Å². The number of urea groups is 1. The molecule has 0 spiro atoms. The summed E-state index contributed by atoms with van der Waals surface area (Å²) in [6.07, 6.45) is 3.08. The van der Waals surface area contributed by atoms with Gasteiger partial charge in [0.05, 0.1) is 22.1 Å². The Labute approximate surface area is 180 Å². The number of amides is 2. The molecule has 2 aromatic carbocycles. The summed E-state index contributed by atoms with van der Waals surface area (Å²) in [5.41, 5.74) is 1.09. The lowest BCUT2D eigenvalue weighted by Gasteiger charge is -2.21. The summed E-state index contributed by atoms with van der Waals surface area (Å²) >= 11 is 6.10. The van der Waals surface area contributed by atoms with Gasteiger partial charge in [-0.3, -0.25) is 9.88 Å². The summed E-state index contributed by atoms with van der Waals surface area (Å²) in [5, 5.41) is 0.872. The number of aromatic nitrogens is 1. The molecule has 154 valence electrons. The van der Waals surface area contributed by atoms with Gasteiger partial charge in [-0.15, -0.1) is 11.8 Å². The van der Waals surface area contributed by atoms with E-state index in [-0.39, 0.29) is 11.5 Å². The first kappa shape index (κ1) is 20.6. The van der Waals surface area contributed by atoms with Gasteiger partial charge >= 0.3 is 6.03 Å². The van der Waals surface area contributed by atoms with Crippen molar-refractivity contribution in [2.75, 3.05) is 11.2 Å². The number of hydrogen-bond donors (Lipinski definition) is 0. The molecule has 1 atom stereocenters. The molecule has 1 aliphatic heterocycles. The van der Waals surface area contributed by atoms with Crippen LogP contribution < -0.4 is 4.90 Å². The Morgan fingerprint density at radius 1 is 1.17 bits per heavy atom. The molecule has 0 radical (unpaired) electrons. The first-order valence-electron chi connectivity index (χ1n) is 9.03. The summed E-state index contributed by atoms with van der Waals surface area (Å²) in [4.78, 5) is 19.4. The van der Waals surface area contributed by atoms with E-state index in [9.17, 15) is 18.0 Å². The van der Waals surface area contributed by atoms with Crippen molar-refractivity contribution in [3.63, 3.8) is 0 Å². The lowest BCUT2D eigenvalue weighted by atomic mass is 10.1. The lowest BCUT2D eigenvalue weighted by Crippen LogP contribution is -2.34. The number of halogens is 3. The SMILES string of the molecule is CSc1c(F)cc(N2C(=O)N(Cc3ccnc4ccccc34)C(C)C2=S)c(F)c1F. The monoisotopic (exact) mass is 447 g/mol. The number of thiocarbonyl (C=S) groups is 1. The molecule has 1 saturated heterocycles. The van der Waals surface area contributed by atoms with Gasteiger partial charge in [-0.1, -0.05) is 30.4 Å². The average molecular weight is 448 g/mol.